The molecule has 0 aliphatic carbocycles. The number of fused-ring (bicyclic) bond motifs is 1. The van der Waals surface area contributed by atoms with Crippen LogP contribution in [0.4, 0.5) is 4.39 Å². The number of benzene rings is 2. The Bertz CT molecular complexity index is 1440. The van der Waals surface area contributed by atoms with Gasteiger partial charge in [-0.2, -0.15) is 0 Å². The van der Waals surface area contributed by atoms with Crippen molar-refractivity contribution in [1.29, 1.82) is 0 Å². The van der Waals surface area contributed by atoms with Gasteiger partial charge < -0.3 is 14.4 Å². The first kappa shape index (κ1) is 15.6. The lowest BCUT2D eigenvalue weighted by atomic mass is 10.0. The van der Waals surface area contributed by atoms with Crippen LogP contribution < -0.4 is 10.1 Å². The SMILES string of the molecule is [2H]C([2H])(Oc1cccc2c1C([2H])([2H])N([C@@]1([2H])CCC(=O)NC1=O)C2=O)c1ccc(C([2H])([2H])N2CCOCC2)cc1F. The second-order valence-electron chi connectivity index (χ2n) is 7.87. The van der Waals surface area contributed by atoms with Gasteiger partial charge in [-0.05, 0) is 30.2 Å². The number of amides is 3. The Hall–Kier alpha value is -3.30. The number of nitrogens with zero attached hydrogens (tertiary/aromatic N) is 2. The predicted octanol–water partition coefficient (Wildman–Crippen LogP) is 2.00. The van der Waals surface area contributed by atoms with E-state index in [1.54, 1.807) is 0 Å². The van der Waals surface area contributed by atoms with Crippen LogP contribution in [0.5, 0.6) is 5.75 Å². The largest absolute Gasteiger partial charge is 0.488 e. The minimum absolute atomic E-state index is 0.0420. The molecule has 34 heavy (non-hydrogen) atoms. The van der Waals surface area contributed by atoms with E-state index in [0.29, 0.717) is 18.1 Å². The van der Waals surface area contributed by atoms with E-state index in [2.05, 4.69) is 0 Å². The van der Waals surface area contributed by atoms with Gasteiger partial charge in [-0.3, -0.25) is 24.6 Å². The lowest BCUT2D eigenvalue weighted by Gasteiger charge is -2.29. The molecule has 2 aromatic rings. The lowest BCUT2D eigenvalue weighted by Crippen LogP contribution is -2.52. The summed E-state index contributed by atoms with van der Waals surface area (Å²) in [4.78, 5) is 39.4. The molecule has 3 aliphatic heterocycles. The van der Waals surface area contributed by atoms with E-state index in [0.717, 1.165) is 12.1 Å². The highest BCUT2D eigenvalue weighted by molar-refractivity contribution is 6.05. The van der Waals surface area contributed by atoms with E-state index in [9.17, 15) is 14.4 Å². The Morgan fingerprint density at radius 1 is 1.24 bits per heavy atom. The zero-order valence-corrected chi connectivity index (χ0v) is 18.0. The van der Waals surface area contributed by atoms with Crippen molar-refractivity contribution in [1.82, 2.24) is 15.1 Å². The zero-order valence-electron chi connectivity index (χ0n) is 25.0. The molecule has 0 unspecified atom stereocenters. The molecular formula is C25H26FN3O5. The quantitative estimate of drug-likeness (QED) is 0.645. The molecule has 178 valence electrons. The Morgan fingerprint density at radius 3 is 2.82 bits per heavy atom. The van der Waals surface area contributed by atoms with Crippen LogP contribution in [0.3, 0.4) is 0 Å². The minimum atomic E-state index is -2.91. The molecule has 0 radical (unpaired) electrons. The highest BCUT2D eigenvalue weighted by atomic mass is 19.1. The summed E-state index contributed by atoms with van der Waals surface area (Å²) in [5.74, 6) is -4.43. The van der Waals surface area contributed by atoms with E-state index in [1.165, 1.54) is 29.2 Å². The van der Waals surface area contributed by atoms with Crippen LogP contribution in [0.1, 0.15) is 49.5 Å². The Kier molecular flexibility index (Phi) is 4.36. The van der Waals surface area contributed by atoms with Gasteiger partial charge >= 0.3 is 0 Å². The lowest BCUT2D eigenvalue weighted by molar-refractivity contribution is -0.136. The summed E-state index contributed by atoms with van der Waals surface area (Å²) in [6.45, 7) is -6.61. The molecule has 0 spiro atoms. The van der Waals surface area contributed by atoms with Gasteiger partial charge in [0, 0.05) is 45.4 Å². The fourth-order valence-corrected chi connectivity index (χ4v) is 3.84. The van der Waals surface area contributed by atoms with Crippen molar-refractivity contribution in [2.75, 3.05) is 26.3 Å². The molecular weight excluding hydrogens is 441 g/mol. The first-order chi connectivity index (χ1) is 19.1. The molecule has 3 heterocycles. The number of carbonyl (C=O) groups is 3. The first-order valence-electron chi connectivity index (χ1n) is 14.3. The van der Waals surface area contributed by atoms with Crippen LogP contribution in [0.15, 0.2) is 36.4 Å². The summed E-state index contributed by atoms with van der Waals surface area (Å²) in [6, 6.07) is 4.39. The third-order valence-corrected chi connectivity index (χ3v) is 5.60. The molecule has 0 saturated carbocycles. The monoisotopic (exact) mass is 474 g/mol. The second kappa shape index (κ2) is 9.52. The van der Waals surface area contributed by atoms with Crippen molar-refractivity contribution >= 4 is 17.7 Å². The summed E-state index contributed by atoms with van der Waals surface area (Å²) in [7, 11) is 0. The maximum absolute atomic E-state index is 15.3. The molecule has 1 atom stereocenters. The molecule has 3 aliphatic rings. The van der Waals surface area contributed by atoms with Crippen molar-refractivity contribution in [3.8, 4) is 5.75 Å². The molecule has 2 saturated heterocycles. The van der Waals surface area contributed by atoms with Crippen molar-refractivity contribution in [2.24, 2.45) is 0 Å². The highest BCUT2D eigenvalue weighted by Gasteiger charge is 2.40. The molecule has 1 N–H and O–H groups in total. The second-order valence-corrected chi connectivity index (χ2v) is 7.87. The Balaban J connectivity index is 1.47. The number of carbonyl (C=O) groups excluding carboxylic acids is 3. The number of rotatable bonds is 6. The van der Waals surface area contributed by atoms with Gasteiger partial charge in [-0.15, -0.1) is 0 Å². The normalized spacial score (nSPS) is 28.4. The smallest absolute Gasteiger partial charge is 0.255 e. The molecule has 3 amide bonds. The predicted molar refractivity (Wildman–Crippen MR) is 119 cm³/mol. The number of halogens is 1. The average Bonchev–Trinajstić information content (AvgIpc) is 3.12. The van der Waals surface area contributed by atoms with E-state index < -0.39 is 72.4 Å². The number of ether oxygens (including phenoxy) is 2. The summed E-state index contributed by atoms with van der Waals surface area (Å²) >= 11 is 0. The molecule has 2 fully saturated rings. The van der Waals surface area contributed by atoms with Gasteiger partial charge in [0.15, 0.2) is 0 Å². The van der Waals surface area contributed by atoms with E-state index >= 15 is 4.39 Å². The third kappa shape index (κ3) is 4.53. The van der Waals surface area contributed by atoms with Crippen LogP contribution in [-0.4, -0.2) is 59.8 Å². The van der Waals surface area contributed by atoms with Crippen molar-refractivity contribution in [2.45, 2.75) is 38.4 Å². The van der Waals surface area contributed by atoms with Gasteiger partial charge in [0.05, 0.1) is 26.6 Å². The first-order valence-corrected chi connectivity index (χ1v) is 10.8. The van der Waals surface area contributed by atoms with Crippen LogP contribution in [-0.2, 0) is 33.9 Å². The van der Waals surface area contributed by atoms with E-state index in [4.69, 9.17) is 19.1 Å². The van der Waals surface area contributed by atoms with Crippen molar-refractivity contribution in [3.05, 3.63) is 64.5 Å². The van der Waals surface area contributed by atoms with E-state index in [1.807, 2.05) is 5.32 Å². The van der Waals surface area contributed by atoms with Crippen LogP contribution in [0.2, 0.25) is 0 Å². The molecule has 0 bridgehead atoms. The molecule has 0 aromatic heterocycles. The Labute approximate surface area is 206 Å². The topological polar surface area (TPSA) is 88.2 Å². The molecule has 8 nitrogen and oxygen atoms in total. The maximum atomic E-state index is 15.3. The minimum Gasteiger partial charge on any atom is -0.488 e. The van der Waals surface area contributed by atoms with Gasteiger partial charge in [-0.25, -0.2) is 4.39 Å². The van der Waals surface area contributed by atoms with Crippen LogP contribution in [0, 0.1) is 5.82 Å². The van der Waals surface area contributed by atoms with Gasteiger partial charge in [0.1, 0.15) is 24.1 Å². The van der Waals surface area contributed by atoms with Crippen molar-refractivity contribution in [3.63, 3.8) is 0 Å². The summed E-state index contributed by atoms with van der Waals surface area (Å²) in [5.41, 5.74) is -1.37. The Morgan fingerprint density at radius 2 is 2.06 bits per heavy atom. The van der Waals surface area contributed by atoms with Gasteiger partial charge in [0.25, 0.3) is 5.91 Å². The van der Waals surface area contributed by atoms with Gasteiger partial charge in [0.2, 0.25) is 11.8 Å². The summed E-state index contributed by atoms with van der Waals surface area (Å²) < 4.78 is 85.9. The van der Waals surface area contributed by atoms with E-state index in [-0.39, 0.29) is 30.6 Å². The number of morpholine rings is 1. The number of hydrogen-bond donors (Lipinski definition) is 1. The molecule has 2 aromatic carbocycles. The molecule has 5 rings (SSSR count). The summed E-state index contributed by atoms with van der Waals surface area (Å²) in [6.07, 6.45) is -0.750. The highest BCUT2D eigenvalue weighted by Crippen LogP contribution is 2.34. The van der Waals surface area contributed by atoms with Gasteiger partial charge in [-0.1, -0.05) is 18.2 Å². The van der Waals surface area contributed by atoms with Crippen LogP contribution in [0.25, 0.3) is 0 Å². The van der Waals surface area contributed by atoms with Crippen LogP contribution >= 0.6 is 0 Å². The average molecular weight is 475 g/mol. The fourth-order valence-electron chi connectivity index (χ4n) is 3.84. The maximum Gasteiger partial charge on any atom is 0.255 e. The molecule has 9 heteroatoms. The zero-order chi connectivity index (χ0) is 30.0. The fraction of sp³-hybridized carbons (Fsp3) is 0.400. The standard InChI is InChI=1S/C25H26FN3O5/c26-20-12-16(13-28-8-10-33-11-9-28)4-5-17(20)15-34-22-3-1-2-18-19(22)14-29(25(18)32)21-6-7-23(30)27-24(21)31/h1-5,12,21H,6-11,13-15H2,(H,27,30,31)/t21-/m0/s1/i13D2,14D2,15D2,21D. The summed E-state index contributed by atoms with van der Waals surface area (Å²) in [5, 5.41) is 1.95. The van der Waals surface area contributed by atoms with Crippen molar-refractivity contribution < 1.29 is 37.8 Å². The number of hydrogen-bond acceptors (Lipinski definition) is 6. The third-order valence-electron chi connectivity index (χ3n) is 5.60. The number of imide groups is 1. The number of nitrogens with one attached hydrogen (secondary N) is 1. The number of piperidine rings is 1.